The first-order valence-corrected chi connectivity index (χ1v) is 16.5. The molecule has 0 aliphatic carbocycles. The molecule has 45 heavy (non-hydrogen) atoms. The highest BCUT2D eigenvalue weighted by molar-refractivity contribution is 7.92. The van der Waals surface area contributed by atoms with Gasteiger partial charge in [-0.25, -0.2) is 8.42 Å². The van der Waals surface area contributed by atoms with Crippen LogP contribution in [-0.4, -0.2) is 8.42 Å². The van der Waals surface area contributed by atoms with Crippen LogP contribution in [0.2, 0.25) is 0 Å². The molecule has 0 saturated carbocycles. The van der Waals surface area contributed by atoms with E-state index < -0.39 is 9.84 Å². The van der Waals surface area contributed by atoms with Crippen molar-refractivity contribution in [3.05, 3.63) is 170 Å². The molecule has 0 saturated heterocycles. The van der Waals surface area contributed by atoms with Gasteiger partial charge in [0.25, 0.3) is 0 Å². The Kier molecular flexibility index (Phi) is 6.55. The molecule has 0 radical (unpaired) electrons. The number of benzene rings is 7. The topological polar surface area (TPSA) is 34.1 Å². The summed E-state index contributed by atoms with van der Waals surface area (Å²) in [6.07, 6.45) is 0. The smallest absolute Gasteiger partial charge is 0.208 e. The summed E-state index contributed by atoms with van der Waals surface area (Å²) in [5, 5.41) is 0. The van der Waals surface area contributed by atoms with Gasteiger partial charge >= 0.3 is 0 Å². The molecule has 1 heterocycles. The number of hydrogen-bond acceptors (Lipinski definition) is 2. The van der Waals surface area contributed by atoms with Gasteiger partial charge in [0.05, 0.1) is 9.79 Å². The third-order valence-corrected chi connectivity index (χ3v) is 10.5. The van der Waals surface area contributed by atoms with Gasteiger partial charge < -0.3 is 0 Å². The summed E-state index contributed by atoms with van der Waals surface area (Å²) in [5.74, 6) is 0. The number of sulfone groups is 1. The van der Waals surface area contributed by atoms with Crippen molar-refractivity contribution >= 4 is 9.84 Å². The van der Waals surface area contributed by atoms with Crippen LogP contribution < -0.4 is 0 Å². The van der Waals surface area contributed by atoms with Gasteiger partial charge in [-0.05, 0) is 86.5 Å². The standard InChI is InChI=1S/C42H28O2S/c43-45(44)41-23-8-7-20-39(41)40-22-11-21-38(42(40)45)34-19-10-17-32(25-34)31-16-9-18-33(24-31)37-27-35(29-12-3-1-4-13-29)26-36(28-37)30-14-5-2-6-15-30/h1-28H. The monoisotopic (exact) mass is 596 g/mol. The summed E-state index contributed by atoms with van der Waals surface area (Å²) in [7, 11) is -3.62. The summed E-state index contributed by atoms with van der Waals surface area (Å²) in [6.45, 7) is 0. The maximum Gasteiger partial charge on any atom is 0.208 e. The van der Waals surface area contributed by atoms with E-state index in [4.69, 9.17) is 0 Å². The van der Waals surface area contributed by atoms with Gasteiger partial charge in [-0.3, -0.25) is 0 Å². The normalized spacial score (nSPS) is 12.8. The van der Waals surface area contributed by atoms with Crippen LogP contribution in [0, 0.1) is 0 Å². The van der Waals surface area contributed by atoms with Crippen molar-refractivity contribution in [2.45, 2.75) is 9.79 Å². The molecule has 2 nitrogen and oxygen atoms in total. The predicted molar refractivity (Wildman–Crippen MR) is 185 cm³/mol. The molecule has 0 unspecified atom stereocenters. The van der Waals surface area contributed by atoms with Gasteiger partial charge in [0.2, 0.25) is 9.84 Å². The van der Waals surface area contributed by atoms with E-state index in [1.807, 2.05) is 54.6 Å². The highest BCUT2D eigenvalue weighted by Crippen LogP contribution is 2.47. The lowest BCUT2D eigenvalue weighted by Gasteiger charge is -2.13. The molecule has 214 valence electrons. The molecular formula is C42H28O2S. The fourth-order valence-electron chi connectivity index (χ4n) is 6.43. The highest BCUT2D eigenvalue weighted by Gasteiger charge is 2.35. The van der Waals surface area contributed by atoms with Gasteiger partial charge in [0.15, 0.2) is 0 Å². The van der Waals surface area contributed by atoms with E-state index in [9.17, 15) is 8.42 Å². The van der Waals surface area contributed by atoms with Crippen LogP contribution in [0.15, 0.2) is 180 Å². The molecule has 0 spiro atoms. The summed E-state index contributed by atoms with van der Waals surface area (Å²) in [5.41, 5.74) is 12.2. The zero-order valence-corrected chi connectivity index (χ0v) is 25.2. The van der Waals surface area contributed by atoms with Gasteiger partial charge in [0.1, 0.15) is 0 Å². The van der Waals surface area contributed by atoms with Crippen LogP contribution in [0.5, 0.6) is 0 Å². The molecule has 8 rings (SSSR count). The second-order valence-corrected chi connectivity index (χ2v) is 13.2. The first-order chi connectivity index (χ1) is 22.1. The maximum absolute atomic E-state index is 13.7. The van der Waals surface area contributed by atoms with Crippen molar-refractivity contribution in [1.82, 2.24) is 0 Å². The summed E-state index contributed by atoms with van der Waals surface area (Å²) >= 11 is 0. The Morgan fingerprint density at radius 2 is 0.667 bits per heavy atom. The van der Waals surface area contributed by atoms with Crippen molar-refractivity contribution in [2.75, 3.05) is 0 Å². The van der Waals surface area contributed by atoms with Gasteiger partial charge in [-0.15, -0.1) is 0 Å². The predicted octanol–water partition coefficient (Wildman–Crippen LogP) is 10.8. The Labute approximate surface area is 263 Å². The van der Waals surface area contributed by atoms with Gasteiger partial charge in [0, 0.05) is 16.7 Å². The highest BCUT2D eigenvalue weighted by atomic mass is 32.2. The lowest BCUT2D eigenvalue weighted by molar-refractivity contribution is 0.599. The Hall–Kier alpha value is -5.51. The molecule has 1 aliphatic heterocycles. The van der Waals surface area contributed by atoms with Crippen molar-refractivity contribution in [1.29, 1.82) is 0 Å². The molecule has 3 heteroatoms. The Morgan fingerprint density at radius 3 is 1.29 bits per heavy atom. The minimum Gasteiger partial charge on any atom is -0.218 e. The summed E-state index contributed by atoms with van der Waals surface area (Å²) in [6, 6.07) is 57.6. The summed E-state index contributed by atoms with van der Waals surface area (Å²) in [4.78, 5) is 0.771. The maximum atomic E-state index is 13.7. The Balaban J connectivity index is 1.22. The van der Waals surface area contributed by atoms with E-state index in [0.29, 0.717) is 9.79 Å². The SMILES string of the molecule is O=S1(=O)c2ccccc2-c2cccc(-c3cccc(-c4cccc(-c5cc(-c6ccccc6)cc(-c6ccccc6)c5)c4)c3)c21. The average molecular weight is 597 g/mol. The van der Waals surface area contributed by atoms with E-state index >= 15 is 0 Å². The average Bonchev–Trinajstić information content (AvgIpc) is 3.35. The van der Waals surface area contributed by atoms with Crippen LogP contribution in [0.3, 0.4) is 0 Å². The molecule has 0 fully saturated rings. The quantitative estimate of drug-likeness (QED) is 0.198. The van der Waals surface area contributed by atoms with E-state index in [1.54, 1.807) is 12.1 Å². The molecule has 7 aromatic carbocycles. The minimum absolute atomic E-state index is 0.379. The second-order valence-electron chi connectivity index (χ2n) is 11.4. The van der Waals surface area contributed by atoms with E-state index in [-0.39, 0.29) is 0 Å². The van der Waals surface area contributed by atoms with Crippen molar-refractivity contribution in [2.24, 2.45) is 0 Å². The molecule has 0 bridgehead atoms. The number of hydrogen-bond donors (Lipinski definition) is 0. The van der Waals surface area contributed by atoms with Crippen LogP contribution in [0.25, 0.3) is 66.8 Å². The second kappa shape index (κ2) is 10.9. The minimum atomic E-state index is -3.62. The van der Waals surface area contributed by atoms with Crippen LogP contribution in [0.1, 0.15) is 0 Å². The van der Waals surface area contributed by atoms with Crippen molar-refractivity contribution in [3.8, 4) is 66.8 Å². The number of fused-ring (bicyclic) bond motifs is 3. The molecule has 7 aromatic rings. The first-order valence-electron chi connectivity index (χ1n) is 15.0. The number of rotatable bonds is 5. The lowest BCUT2D eigenvalue weighted by Crippen LogP contribution is -1.99. The third-order valence-electron chi connectivity index (χ3n) is 8.60. The third kappa shape index (κ3) is 4.79. The van der Waals surface area contributed by atoms with Crippen LogP contribution in [-0.2, 0) is 9.84 Å². The largest absolute Gasteiger partial charge is 0.218 e. The molecule has 0 aromatic heterocycles. The Morgan fingerprint density at radius 1 is 0.289 bits per heavy atom. The van der Waals surface area contributed by atoms with Crippen LogP contribution in [0.4, 0.5) is 0 Å². The first kappa shape index (κ1) is 27.1. The summed E-state index contributed by atoms with van der Waals surface area (Å²) < 4.78 is 27.4. The van der Waals surface area contributed by atoms with Crippen molar-refractivity contribution in [3.63, 3.8) is 0 Å². The van der Waals surface area contributed by atoms with Crippen molar-refractivity contribution < 1.29 is 8.42 Å². The fourth-order valence-corrected chi connectivity index (χ4v) is 8.32. The molecular weight excluding hydrogens is 569 g/mol. The molecule has 1 aliphatic rings. The van der Waals surface area contributed by atoms with Gasteiger partial charge in [-0.2, -0.15) is 0 Å². The molecule has 0 atom stereocenters. The zero-order chi connectivity index (χ0) is 30.4. The van der Waals surface area contributed by atoms with E-state index in [0.717, 1.165) is 44.5 Å². The van der Waals surface area contributed by atoms with Gasteiger partial charge in [-0.1, -0.05) is 133 Å². The molecule has 0 N–H and O–H groups in total. The fraction of sp³-hybridized carbons (Fsp3) is 0. The zero-order valence-electron chi connectivity index (χ0n) is 24.4. The van der Waals surface area contributed by atoms with E-state index in [2.05, 4.69) is 103 Å². The van der Waals surface area contributed by atoms with E-state index in [1.165, 1.54) is 22.3 Å². The Bertz CT molecular complexity index is 2260. The molecule has 0 amide bonds. The lowest BCUT2D eigenvalue weighted by atomic mass is 9.91. The van der Waals surface area contributed by atoms with Crippen LogP contribution >= 0.6 is 0 Å².